The molecule has 0 fully saturated rings. The van der Waals surface area contributed by atoms with Crippen molar-refractivity contribution in [2.75, 3.05) is 10.6 Å². The van der Waals surface area contributed by atoms with E-state index in [2.05, 4.69) is 15.7 Å². The highest BCUT2D eigenvalue weighted by Gasteiger charge is 2.20. The first kappa shape index (κ1) is 19.6. The molecule has 0 aliphatic carbocycles. The maximum Gasteiger partial charge on any atom is 0.260 e. The predicted molar refractivity (Wildman–Crippen MR) is 111 cm³/mol. The van der Waals surface area contributed by atoms with Crippen LogP contribution in [0.2, 0.25) is 5.15 Å². The molecule has 0 atom stereocenters. The number of carbonyl (C=O) groups excluding carboxylic acids is 2. The van der Waals surface area contributed by atoms with Gasteiger partial charge in [0.2, 0.25) is 5.91 Å². The first-order chi connectivity index (χ1) is 13.3. The molecule has 0 aliphatic rings. The third-order valence-corrected chi connectivity index (χ3v) is 4.59. The zero-order valence-corrected chi connectivity index (χ0v) is 16.7. The molecule has 28 heavy (non-hydrogen) atoms. The molecule has 0 saturated carbocycles. The monoisotopic (exact) mass is 396 g/mol. The largest absolute Gasteiger partial charge is 0.326 e. The molecule has 2 N–H and O–H groups in total. The molecule has 7 heteroatoms. The van der Waals surface area contributed by atoms with Crippen LogP contribution in [-0.4, -0.2) is 21.6 Å². The van der Waals surface area contributed by atoms with E-state index < -0.39 is 0 Å². The van der Waals surface area contributed by atoms with Gasteiger partial charge in [0, 0.05) is 18.3 Å². The molecule has 144 valence electrons. The molecule has 6 nitrogen and oxygen atoms in total. The minimum absolute atomic E-state index is 0.153. The predicted octanol–water partition coefficient (Wildman–Crippen LogP) is 4.41. The number of nitrogens with zero attached hydrogens (tertiary/aromatic N) is 2. The lowest BCUT2D eigenvalue weighted by atomic mass is 10.1. The highest BCUT2D eigenvalue weighted by molar-refractivity contribution is 6.33. The van der Waals surface area contributed by atoms with E-state index in [1.807, 2.05) is 31.2 Å². The van der Waals surface area contributed by atoms with Crippen molar-refractivity contribution >= 4 is 34.8 Å². The van der Waals surface area contributed by atoms with Crippen LogP contribution in [0.1, 0.15) is 34.1 Å². The fourth-order valence-corrected chi connectivity index (χ4v) is 3.14. The molecule has 0 spiro atoms. The smallest absolute Gasteiger partial charge is 0.260 e. The maximum atomic E-state index is 12.7. The van der Waals surface area contributed by atoms with Gasteiger partial charge in [-0.05, 0) is 43.7 Å². The molecule has 2 aromatic carbocycles. The van der Waals surface area contributed by atoms with Crippen LogP contribution in [0.25, 0.3) is 0 Å². The van der Waals surface area contributed by atoms with E-state index in [0.717, 1.165) is 5.56 Å². The molecular formula is C21H21ClN4O2. The summed E-state index contributed by atoms with van der Waals surface area (Å²) >= 11 is 6.45. The standard InChI is InChI=1S/C21H21ClN4O2/c1-13-4-6-16(7-5-13)12-26-20(22)19(14(2)25-26)21(28)24-18-10-8-17(9-11-18)23-15(3)27/h4-11H,12H2,1-3H3,(H,23,27)(H,24,28). The van der Waals surface area contributed by atoms with Crippen molar-refractivity contribution in [3.05, 3.63) is 76.1 Å². The van der Waals surface area contributed by atoms with E-state index in [0.29, 0.717) is 34.3 Å². The van der Waals surface area contributed by atoms with Gasteiger partial charge >= 0.3 is 0 Å². The Balaban J connectivity index is 1.75. The lowest BCUT2D eigenvalue weighted by Gasteiger charge is -2.07. The van der Waals surface area contributed by atoms with Crippen LogP contribution in [0.3, 0.4) is 0 Å². The highest BCUT2D eigenvalue weighted by atomic mass is 35.5. The Bertz CT molecular complexity index is 1010. The molecule has 0 unspecified atom stereocenters. The fraction of sp³-hybridized carbons (Fsp3) is 0.190. The summed E-state index contributed by atoms with van der Waals surface area (Å²) in [7, 11) is 0. The van der Waals surface area contributed by atoms with Gasteiger partial charge < -0.3 is 10.6 Å². The van der Waals surface area contributed by atoms with Crippen molar-refractivity contribution in [2.45, 2.75) is 27.3 Å². The van der Waals surface area contributed by atoms with E-state index in [-0.39, 0.29) is 11.8 Å². The number of aryl methyl sites for hydroxylation is 2. The van der Waals surface area contributed by atoms with Gasteiger partial charge in [-0.2, -0.15) is 5.10 Å². The number of aromatic nitrogens is 2. The van der Waals surface area contributed by atoms with Crippen molar-refractivity contribution in [2.24, 2.45) is 0 Å². The molecule has 0 radical (unpaired) electrons. The van der Waals surface area contributed by atoms with Crippen LogP contribution < -0.4 is 10.6 Å². The van der Waals surface area contributed by atoms with Crippen molar-refractivity contribution in [1.82, 2.24) is 9.78 Å². The van der Waals surface area contributed by atoms with E-state index >= 15 is 0 Å². The summed E-state index contributed by atoms with van der Waals surface area (Å²) in [6.45, 7) is 5.71. The van der Waals surface area contributed by atoms with Gasteiger partial charge in [0.05, 0.1) is 17.8 Å². The normalized spacial score (nSPS) is 10.6. The maximum absolute atomic E-state index is 12.7. The first-order valence-corrected chi connectivity index (χ1v) is 9.18. The number of benzene rings is 2. The molecular weight excluding hydrogens is 376 g/mol. The molecule has 0 aliphatic heterocycles. The Morgan fingerprint density at radius 1 is 0.964 bits per heavy atom. The summed E-state index contributed by atoms with van der Waals surface area (Å²) in [5, 5.41) is 10.2. The van der Waals surface area contributed by atoms with Gasteiger partial charge in [0.25, 0.3) is 5.91 Å². The number of nitrogens with one attached hydrogen (secondary N) is 2. The number of hydrogen-bond donors (Lipinski definition) is 2. The Morgan fingerprint density at radius 3 is 2.11 bits per heavy atom. The van der Waals surface area contributed by atoms with Gasteiger partial charge in [-0.15, -0.1) is 0 Å². The van der Waals surface area contributed by atoms with Crippen LogP contribution in [0.4, 0.5) is 11.4 Å². The van der Waals surface area contributed by atoms with E-state index in [4.69, 9.17) is 11.6 Å². The summed E-state index contributed by atoms with van der Waals surface area (Å²) in [6.07, 6.45) is 0. The second-order valence-electron chi connectivity index (χ2n) is 6.61. The average molecular weight is 397 g/mol. The number of anilines is 2. The summed E-state index contributed by atoms with van der Waals surface area (Å²) in [6, 6.07) is 14.9. The Labute approximate surface area is 168 Å². The zero-order valence-electron chi connectivity index (χ0n) is 15.9. The highest BCUT2D eigenvalue weighted by Crippen LogP contribution is 2.23. The van der Waals surface area contributed by atoms with Gasteiger partial charge in [-0.3, -0.25) is 9.59 Å². The third-order valence-electron chi connectivity index (χ3n) is 4.21. The van der Waals surface area contributed by atoms with E-state index in [1.54, 1.807) is 35.9 Å². The molecule has 0 bridgehead atoms. The molecule has 1 heterocycles. The number of carbonyl (C=O) groups is 2. The van der Waals surface area contributed by atoms with Crippen molar-refractivity contribution in [1.29, 1.82) is 0 Å². The quantitative estimate of drug-likeness (QED) is 0.670. The Morgan fingerprint density at radius 2 is 1.54 bits per heavy atom. The summed E-state index contributed by atoms with van der Waals surface area (Å²) < 4.78 is 1.62. The van der Waals surface area contributed by atoms with Crippen LogP contribution in [0, 0.1) is 13.8 Å². The lowest BCUT2D eigenvalue weighted by molar-refractivity contribution is -0.114. The number of amides is 2. The van der Waals surface area contributed by atoms with Crippen LogP contribution in [0.5, 0.6) is 0 Å². The van der Waals surface area contributed by atoms with E-state index in [9.17, 15) is 9.59 Å². The molecule has 3 aromatic rings. The fourth-order valence-electron chi connectivity index (χ4n) is 2.82. The van der Waals surface area contributed by atoms with Crippen LogP contribution in [-0.2, 0) is 11.3 Å². The van der Waals surface area contributed by atoms with Gasteiger partial charge in [-0.1, -0.05) is 41.4 Å². The molecule has 0 saturated heterocycles. The summed E-state index contributed by atoms with van der Waals surface area (Å²) in [5.41, 5.74) is 4.39. The molecule has 2 amide bonds. The van der Waals surface area contributed by atoms with Gasteiger partial charge in [-0.25, -0.2) is 4.68 Å². The third kappa shape index (κ3) is 4.58. The lowest BCUT2D eigenvalue weighted by Crippen LogP contribution is -2.13. The summed E-state index contributed by atoms with van der Waals surface area (Å²) in [4.78, 5) is 23.8. The summed E-state index contributed by atoms with van der Waals surface area (Å²) in [5.74, 6) is -0.481. The van der Waals surface area contributed by atoms with Gasteiger partial charge in [0.1, 0.15) is 5.15 Å². The second kappa shape index (κ2) is 8.27. The Kier molecular flexibility index (Phi) is 5.80. The zero-order chi connectivity index (χ0) is 20.3. The van der Waals surface area contributed by atoms with Crippen LogP contribution in [0.15, 0.2) is 48.5 Å². The number of rotatable bonds is 5. The first-order valence-electron chi connectivity index (χ1n) is 8.81. The average Bonchev–Trinajstić information content (AvgIpc) is 2.91. The topological polar surface area (TPSA) is 76.0 Å². The molecule has 1 aromatic heterocycles. The number of hydrogen-bond acceptors (Lipinski definition) is 3. The van der Waals surface area contributed by atoms with Crippen LogP contribution >= 0.6 is 11.6 Å². The minimum atomic E-state index is -0.329. The number of halogens is 1. The molecule has 3 rings (SSSR count). The van der Waals surface area contributed by atoms with Crippen molar-refractivity contribution < 1.29 is 9.59 Å². The van der Waals surface area contributed by atoms with Crippen molar-refractivity contribution in [3.8, 4) is 0 Å². The van der Waals surface area contributed by atoms with Crippen molar-refractivity contribution in [3.63, 3.8) is 0 Å². The van der Waals surface area contributed by atoms with Gasteiger partial charge in [0.15, 0.2) is 0 Å². The SMILES string of the molecule is CC(=O)Nc1ccc(NC(=O)c2c(C)nn(Cc3ccc(C)cc3)c2Cl)cc1. The Hall–Kier alpha value is -3.12. The minimum Gasteiger partial charge on any atom is -0.326 e. The second-order valence-corrected chi connectivity index (χ2v) is 6.97. The van der Waals surface area contributed by atoms with E-state index in [1.165, 1.54) is 12.5 Å².